The molecule has 2 aliphatic carbocycles. The van der Waals surface area contributed by atoms with Crippen molar-refractivity contribution in [1.29, 1.82) is 0 Å². The van der Waals surface area contributed by atoms with Gasteiger partial charge in [-0.15, -0.1) is 0 Å². The molecule has 1 saturated carbocycles. The third kappa shape index (κ3) is 1.80. The van der Waals surface area contributed by atoms with Gasteiger partial charge in [0.1, 0.15) is 4.90 Å². The molecule has 0 saturated heterocycles. The number of nitrogens with zero attached hydrogens (tertiary/aromatic N) is 1. The number of aromatic nitrogens is 2. The minimum absolute atomic E-state index is 0.0405. The first-order valence-electron chi connectivity index (χ1n) is 6.19. The highest BCUT2D eigenvalue weighted by Crippen LogP contribution is 2.39. The van der Waals surface area contributed by atoms with Gasteiger partial charge in [0.25, 0.3) is 0 Å². The average molecular weight is 267 g/mol. The van der Waals surface area contributed by atoms with Crippen LogP contribution in [-0.2, 0) is 10.0 Å². The van der Waals surface area contributed by atoms with Gasteiger partial charge < -0.3 is 0 Å². The zero-order valence-corrected chi connectivity index (χ0v) is 11.3. The van der Waals surface area contributed by atoms with Gasteiger partial charge >= 0.3 is 0 Å². The first-order valence-corrected chi connectivity index (χ1v) is 7.68. The van der Waals surface area contributed by atoms with Crippen molar-refractivity contribution in [2.24, 2.45) is 11.8 Å². The summed E-state index contributed by atoms with van der Waals surface area (Å²) in [6.45, 7) is 3.44. The number of aromatic amines is 1. The molecule has 2 N–H and O–H groups in total. The number of nitrogens with one attached hydrogen (secondary N) is 2. The van der Waals surface area contributed by atoms with Crippen molar-refractivity contribution < 1.29 is 8.42 Å². The van der Waals surface area contributed by atoms with Crippen molar-refractivity contribution in [1.82, 2.24) is 14.9 Å². The maximum absolute atomic E-state index is 12.4. The molecule has 3 atom stereocenters. The van der Waals surface area contributed by atoms with Gasteiger partial charge in [0, 0.05) is 6.04 Å². The van der Waals surface area contributed by atoms with Crippen LogP contribution in [0, 0.1) is 25.7 Å². The van der Waals surface area contributed by atoms with E-state index in [0.29, 0.717) is 28.1 Å². The number of sulfonamides is 1. The fourth-order valence-corrected chi connectivity index (χ4v) is 4.78. The summed E-state index contributed by atoms with van der Waals surface area (Å²) in [7, 11) is -3.46. The Morgan fingerprint density at radius 2 is 2.11 bits per heavy atom. The molecule has 3 rings (SSSR count). The zero-order valence-electron chi connectivity index (χ0n) is 10.5. The molecule has 1 fully saturated rings. The van der Waals surface area contributed by atoms with Gasteiger partial charge in [0.05, 0.1) is 11.4 Å². The van der Waals surface area contributed by atoms with E-state index in [1.54, 1.807) is 13.8 Å². The molecular formula is C12H17N3O2S. The van der Waals surface area contributed by atoms with Gasteiger partial charge in [-0.1, -0.05) is 12.2 Å². The second kappa shape index (κ2) is 3.93. The summed E-state index contributed by atoms with van der Waals surface area (Å²) in [6, 6.07) is 0.0405. The van der Waals surface area contributed by atoms with E-state index in [2.05, 4.69) is 27.1 Å². The van der Waals surface area contributed by atoms with Crippen molar-refractivity contribution in [3.8, 4) is 0 Å². The molecule has 0 radical (unpaired) electrons. The highest BCUT2D eigenvalue weighted by Gasteiger charge is 2.38. The molecule has 1 aromatic heterocycles. The minimum Gasteiger partial charge on any atom is -0.281 e. The van der Waals surface area contributed by atoms with E-state index in [-0.39, 0.29) is 6.04 Å². The lowest BCUT2D eigenvalue weighted by Gasteiger charge is -2.19. The third-order valence-electron chi connectivity index (χ3n) is 3.91. The molecule has 0 aliphatic heterocycles. The largest absolute Gasteiger partial charge is 0.281 e. The van der Waals surface area contributed by atoms with Crippen LogP contribution in [0.1, 0.15) is 24.2 Å². The van der Waals surface area contributed by atoms with Crippen LogP contribution < -0.4 is 4.72 Å². The quantitative estimate of drug-likeness (QED) is 0.810. The Kier molecular flexibility index (Phi) is 2.60. The predicted molar refractivity (Wildman–Crippen MR) is 67.5 cm³/mol. The summed E-state index contributed by atoms with van der Waals surface area (Å²) in [5, 5.41) is 6.67. The Hall–Kier alpha value is -1.14. The molecular weight excluding hydrogens is 250 g/mol. The van der Waals surface area contributed by atoms with E-state index in [4.69, 9.17) is 0 Å². The Bertz CT molecular complexity index is 583. The van der Waals surface area contributed by atoms with Gasteiger partial charge in [-0.25, -0.2) is 13.1 Å². The molecule has 1 aromatic rings. The maximum Gasteiger partial charge on any atom is 0.244 e. The number of hydrogen-bond donors (Lipinski definition) is 2. The van der Waals surface area contributed by atoms with Crippen LogP contribution in [0.5, 0.6) is 0 Å². The van der Waals surface area contributed by atoms with Gasteiger partial charge in [0.15, 0.2) is 0 Å². The Morgan fingerprint density at radius 3 is 2.61 bits per heavy atom. The van der Waals surface area contributed by atoms with E-state index in [1.165, 1.54) is 0 Å². The van der Waals surface area contributed by atoms with Crippen LogP contribution >= 0.6 is 0 Å². The lowest BCUT2D eigenvalue weighted by molar-refractivity contribution is 0.502. The molecule has 2 aliphatic rings. The predicted octanol–water partition coefficient (Wildman–Crippen LogP) is 1.27. The van der Waals surface area contributed by atoms with Crippen molar-refractivity contribution in [2.75, 3.05) is 0 Å². The van der Waals surface area contributed by atoms with Gasteiger partial charge in [-0.2, -0.15) is 5.10 Å². The summed E-state index contributed by atoms with van der Waals surface area (Å²) in [5.74, 6) is 0.909. The van der Waals surface area contributed by atoms with Crippen LogP contribution in [0.3, 0.4) is 0 Å². The summed E-state index contributed by atoms with van der Waals surface area (Å²) in [6.07, 6.45) is 6.33. The molecule has 1 heterocycles. The van der Waals surface area contributed by atoms with E-state index >= 15 is 0 Å². The molecule has 5 nitrogen and oxygen atoms in total. The van der Waals surface area contributed by atoms with Crippen molar-refractivity contribution in [2.45, 2.75) is 37.6 Å². The zero-order chi connectivity index (χ0) is 12.9. The Morgan fingerprint density at radius 1 is 1.33 bits per heavy atom. The van der Waals surface area contributed by atoms with Gasteiger partial charge in [0.2, 0.25) is 10.0 Å². The standard InChI is InChI=1S/C12H17N3O2S/c1-7-12(8(2)14-13-7)18(16,17)15-11-6-9-3-4-10(11)5-9/h3-4,9-11,15H,5-6H2,1-2H3,(H,13,14). The van der Waals surface area contributed by atoms with E-state index in [9.17, 15) is 8.42 Å². The molecule has 0 spiro atoms. The third-order valence-corrected chi connectivity index (χ3v) is 5.67. The monoisotopic (exact) mass is 267 g/mol. The number of rotatable bonds is 3. The molecule has 18 heavy (non-hydrogen) atoms. The van der Waals surface area contributed by atoms with Crippen LogP contribution in [0.4, 0.5) is 0 Å². The number of H-pyrrole nitrogens is 1. The number of fused-ring (bicyclic) bond motifs is 2. The van der Waals surface area contributed by atoms with Crippen LogP contribution in [0.15, 0.2) is 17.0 Å². The SMILES string of the molecule is Cc1n[nH]c(C)c1S(=O)(=O)NC1CC2C=CC1C2. The molecule has 6 heteroatoms. The smallest absolute Gasteiger partial charge is 0.244 e. The van der Waals surface area contributed by atoms with Crippen molar-refractivity contribution in [3.05, 3.63) is 23.5 Å². The molecule has 0 aromatic carbocycles. The van der Waals surface area contributed by atoms with E-state index in [1.807, 2.05) is 0 Å². The van der Waals surface area contributed by atoms with Gasteiger partial charge in [-0.05, 0) is 38.5 Å². The Labute approximate surface area is 107 Å². The summed E-state index contributed by atoms with van der Waals surface area (Å²) >= 11 is 0. The summed E-state index contributed by atoms with van der Waals surface area (Å²) < 4.78 is 27.6. The molecule has 0 amide bonds. The topological polar surface area (TPSA) is 74.8 Å². The second-order valence-corrected chi connectivity index (χ2v) is 6.92. The lowest BCUT2D eigenvalue weighted by atomic mass is 10.0. The number of aryl methyl sites for hydroxylation is 2. The molecule has 2 bridgehead atoms. The van der Waals surface area contributed by atoms with E-state index < -0.39 is 10.0 Å². The molecule has 98 valence electrons. The number of hydrogen-bond acceptors (Lipinski definition) is 3. The number of allylic oxidation sites excluding steroid dienone is 1. The normalized spacial score (nSPS) is 30.2. The highest BCUT2D eigenvalue weighted by atomic mass is 32.2. The first-order chi connectivity index (χ1) is 8.47. The van der Waals surface area contributed by atoms with Crippen molar-refractivity contribution >= 4 is 10.0 Å². The Balaban J connectivity index is 1.86. The minimum atomic E-state index is -3.46. The fraction of sp³-hybridized carbons (Fsp3) is 0.583. The fourth-order valence-electron chi connectivity index (χ4n) is 3.11. The van der Waals surface area contributed by atoms with Crippen LogP contribution in [0.25, 0.3) is 0 Å². The van der Waals surface area contributed by atoms with E-state index in [0.717, 1.165) is 12.8 Å². The summed E-state index contributed by atoms with van der Waals surface area (Å²) in [4.78, 5) is 0.300. The first kappa shape index (κ1) is 11.9. The molecule has 3 unspecified atom stereocenters. The van der Waals surface area contributed by atoms with Gasteiger partial charge in [-0.3, -0.25) is 5.10 Å². The van der Waals surface area contributed by atoms with Crippen LogP contribution in [-0.4, -0.2) is 24.7 Å². The van der Waals surface area contributed by atoms with Crippen molar-refractivity contribution in [3.63, 3.8) is 0 Å². The highest BCUT2D eigenvalue weighted by molar-refractivity contribution is 7.89. The maximum atomic E-state index is 12.4. The summed E-state index contributed by atoms with van der Waals surface area (Å²) in [5.41, 5.74) is 1.12. The average Bonchev–Trinajstić information content (AvgIpc) is 2.93. The second-order valence-electron chi connectivity index (χ2n) is 5.27. The lowest BCUT2D eigenvalue weighted by Crippen LogP contribution is -2.37. The van der Waals surface area contributed by atoms with Crippen LogP contribution in [0.2, 0.25) is 0 Å².